The monoisotopic (exact) mass is 576 g/mol. The number of hydrogen-bond acceptors (Lipinski definition) is 8. The molecule has 1 amide bonds. The zero-order valence-corrected chi connectivity index (χ0v) is 22.5. The highest BCUT2D eigenvalue weighted by atomic mass is 32.2. The lowest BCUT2D eigenvalue weighted by Crippen LogP contribution is -2.59. The Labute approximate surface area is 226 Å². The molecule has 0 aliphatic carbocycles. The van der Waals surface area contributed by atoms with Gasteiger partial charge in [0.15, 0.2) is 0 Å². The minimum absolute atomic E-state index is 0.0408. The molecule has 0 saturated carbocycles. The molecule has 1 aromatic carbocycles. The fourth-order valence-corrected chi connectivity index (χ4v) is 7.63. The van der Waals surface area contributed by atoms with Crippen molar-refractivity contribution in [2.75, 3.05) is 64.0 Å². The smallest absolute Gasteiger partial charge is 0.390 e. The number of halogens is 3. The lowest BCUT2D eigenvalue weighted by Gasteiger charge is -2.43. The predicted octanol–water partition coefficient (Wildman–Crippen LogP) is 1.33. The van der Waals surface area contributed by atoms with Crippen molar-refractivity contribution in [3.8, 4) is 5.75 Å². The summed E-state index contributed by atoms with van der Waals surface area (Å²) in [4.78, 5) is 17.2. The van der Waals surface area contributed by atoms with Crippen LogP contribution in [-0.4, -0.2) is 112 Å². The Morgan fingerprint density at radius 1 is 1.08 bits per heavy atom. The number of hydrogen-bond donors (Lipinski definition) is 2. The number of aliphatic hydroxyl groups excluding tert-OH is 1. The Morgan fingerprint density at radius 3 is 2.49 bits per heavy atom. The lowest BCUT2D eigenvalue weighted by molar-refractivity contribution is -0.139. The first-order valence-corrected chi connectivity index (χ1v) is 14.8. The first-order chi connectivity index (χ1) is 18.5. The Bertz CT molecular complexity index is 1150. The van der Waals surface area contributed by atoms with E-state index in [0.29, 0.717) is 58.7 Å². The number of ether oxygens (including phenoxy) is 2. The van der Waals surface area contributed by atoms with Crippen molar-refractivity contribution in [2.24, 2.45) is 0 Å². The molecule has 39 heavy (non-hydrogen) atoms. The minimum atomic E-state index is -4.24. The van der Waals surface area contributed by atoms with E-state index in [1.165, 1.54) is 6.07 Å². The maximum Gasteiger partial charge on any atom is 0.390 e. The fraction of sp³-hybridized carbons (Fsp3) is 0.720. The number of rotatable bonds is 3. The number of alkyl halides is 3. The van der Waals surface area contributed by atoms with Gasteiger partial charge in [-0.1, -0.05) is 0 Å². The zero-order chi connectivity index (χ0) is 27.8. The van der Waals surface area contributed by atoms with Gasteiger partial charge in [0.25, 0.3) is 0 Å². The third kappa shape index (κ3) is 6.29. The molecule has 1 aromatic rings. The summed E-state index contributed by atoms with van der Waals surface area (Å²) in [6.07, 6.45) is -5.01. The maximum absolute atomic E-state index is 13.8. The highest BCUT2D eigenvalue weighted by molar-refractivity contribution is 7.89. The van der Waals surface area contributed by atoms with E-state index in [1.54, 1.807) is 17.0 Å². The third-order valence-electron chi connectivity index (χ3n) is 8.18. The maximum atomic E-state index is 13.8. The number of nitrogens with one attached hydrogen (secondary N) is 1. The molecule has 3 fully saturated rings. The number of likely N-dealkylation sites (tertiary alicyclic amines) is 1. The second-order valence-corrected chi connectivity index (χ2v) is 12.6. The van der Waals surface area contributed by atoms with Gasteiger partial charge in [-0.15, -0.1) is 0 Å². The summed E-state index contributed by atoms with van der Waals surface area (Å²) < 4.78 is 78.4. The van der Waals surface area contributed by atoms with Crippen molar-refractivity contribution >= 4 is 21.6 Å². The second kappa shape index (κ2) is 11.0. The minimum Gasteiger partial charge on any atom is -0.492 e. The van der Waals surface area contributed by atoms with Crippen LogP contribution in [0.15, 0.2) is 23.1 Å². The molecule has 0 unspecified atom stereocenters. The van der Waals surface area contributed by atoms with Crippen molar-refractivity contribution < 1.29 is 41.0 Å². The number of sulfonamides is 1. The van der Waals surface area contributed by atoms with Crippen molar-refractivity contribution in [1.29, 1.82) is 0 Å². The highest BCUT2D eigenvalue weighted by Crippen LogP contribution is 2.37. The van der Waals surface area contributed by atoms with E-state index in [4.69, 9.17) is 9.47 Å². The molecule has 5 rings (SSSR count). The van der Waals surface area contributed by atoms with Gasteiger partial charge in [-0.2, -0.15) is 17.5 Å². The van der Waals surface area contributed by atoms with Crippen molar-refractivity contribution in [3.05, 3.63) is 18.2 Å². The number of piperidine rings is 1. The van der Waals surface area contributed by atoms with Crippen molar-refractivity contribution in [1.82, 2.24) is 14.5 Å². The Morgan fingerprint density at radius 2 is 1.79 bits per heavy atom. The van der Waals surface area contributed by atoms with Crippen LogP contribution in [0.3, 0.4) is 0 Å². The number of morpholine rings is 1. The standard InChI is InChI=1S/C25H35F3N4O6S/c26-25(27,28)5-9-30-7-3-24(4-8-30)6-12-38-21-15-18(31-10-13-37-14-11-31)1-2-22(21)39(35,36)32-17-19(33)16-20(32)23(34)29-24/h1-2,15,19-20,33H,3-14,16-17H2,(H,29,34)/t19-,20+/m1/s1. The van der Waals surface area contributed by atoms with Gasteiger partial charge in [0.05, 0.1) is 32.3 Å². The van der Waals surface area contributed by atoms with Gasteiger partial charge >= 0.3 is 6.18 Å². The number of anilines is 1. The van der Waals surface area contributed by atoms with Crippen molar-refractivity contribution in [3.63, 3.8) is 0 Å². The van der Waals surface area contributed by atoms with Crippen LogP contribution in [0.25, 0.3) is 0 Å². The molecule has 4 aliphatic rings. The molecule has 14 heteroatoms. The van der Waals surface area contributed by atoms with Crippen LogP contribution in [0.2, 0.25) is 0 Å². The molecule has 2 N–H and O–H groups in total. The van der Waals surface area contributed by atoms with Gasteiger partial charge in [-0.05, 0) is 25.0 Å². The number of carbonyl (C=O) groups is 1. The Hall–Kier alpha value is -2.13. The number of benzene rings is 1. The van der Waals surface area contributed by atoms with E-state index >= 15 is 0 Å². The molecule has 10 nitrogen and oxygen atoms in total. The number of amides is 1. The van der Waals surface area contributed by atoms with E-state index in [0.717, 1.165) is 9.99 Å². The van der Waals surface area contributed by atoms with Crippen LogP contribution in [0.1, 0.15) is 32.1 Å². The summed E-state index contributed by atoms with van der Waals surface area (Å²) >= 11 is 0. The number of carbonyl (C=O) groups excluding carboxylic acids is 1. The number of fused-ring (bicyclic) bond motifs is 2. The SMILES string of the molecule is O=C1NC2(CCOc3cc(N4CCOCC4)ccc3S(=O)(=O)N3C[C@H](O)C[C@@H]13)CCN(CCC(F)(F)F)CC2. The number of aliphatic hydroxyl groups is 1. The molecule has 0 bridgehead atoms. The summed E-state index contributed by atoms with van der Waals surface area (Å²) in [5.41, 5.74) is 0.0307. The van der Waals surface area contributed by atoms with Crippen LogP contribution in [0.4, 0.5) is 18.9 Å². The van der Waals surface area contributed by atoms with E-state index in [1.807, 2.05) is 0 Å². The molecular formula is C25H35F3N4O6S. The van der Waals surface area contributed by atoms with E-state index in [-0.39, 0.29) is 36.8 Å². The first-order valence-electron chi connectivity index (χ1n) is 13.4. The summed E-state index contributed by atoms with van der Waals surface area (Å²) in [5.74, 6) is -0.335. The summed E-state index contributed by atoms with van der Waals surface area (Å²) in [7, 11) is -4.19. The molecule has 4 aliphatic heterocycles. The summed E-state index contributed by atoms with van der Waals surface area (Å²) in [6.45, 7) is 2.93. The summed E-state index contributed by atoms with van der Waals surface area (Å²) in [5, 5.41) is 13.4. The lowest BCUT2D eigenvalue weighted by atomic mass is 9.84. The normalized spacial score (nSPS) is 28.2. The molecule has 2 atom stereocenters. The Balaban J connectivity index is 1.43. The van der Waals surface area contributed by atoms with Gasteiger partial charge in [0.1, 0.15) is 16.7 Å². The quantitative estimate of drug-likeness (QED) is 0.555. The molecule has 0 aromatic heterocycles. The topological polar surface area (TPSA) is 112 Å². The summed E-state index contributed by atoms with van der Waals surface area (Å²) in [6, 6.07) is 3.79. The number of nitrogens with zero attached hydrogens (tertiary/aromatic N) is 3. The zero-order valence-electron chi connectivity index (χ0n) is 21.7. The molecule has 4 heterocycles. The van der Waals surface area contributed by atoms with E-state index in [9.17, 15) is 31.5 Å². The predicted molar refractivity (Wildman–Crippen MR) is 135 cm³/mol. The molecular weight excluding hydrogens is 541 g/mol. The largest absolute Gasteiger partial charge is 0.492 e. The average molecular weight is 577 g/mol. The van der Waals surface area contributed by atoms with Crippen LogP contribution < -0.4 is 15.0 Å². The first kappa shape index (κ1) is 28.4. The van der Waals surface area contributed by atoms with Crippen LogP contribution in [-0.2, 0) is 19.6 Å². The average Bonchev–Trinajstić information content (AvgIpc) is 3.30. The van der Waals surface area contributed by atoms with Crippen molar-refractivity contribution in [2.45, 2.75) is 60.9 Å². The van der Waals surface area contributed by atoms with Gasteiger partial charge in [0.2, 0.25) is 15.9 Å². The van der Waals surface area contributed by atoms with Gasteiger partial charge < -0.3 is 29.7 Å². The third-order valence-corrected chi connectivity index (χ3v) is 10.1. The van der Waals surface area contributed by atoms with E-state index in [2.05, 4.69) is 10.2 Å². The Kier molecular flexibility index (Phi) is 8.04. The van der Waals surface area contributed by atoms with Crippen LogP contribution >= 0.6 is 0 Å². The second-order valence-electron chi connectivity index (χ2n) is 10.8. The molecule has 3 saturated heterocycles. The van der Waals surface area contributed by atoms with Gasteiger partial charge in [-0.25, -0.2) is 8.42 Å². The van der Waals surface area contributed by atoms with Gasteiger partial charge in [-0.3, -0.25) is 4.79 Å². The molecule has 1 spiro atoms. The van der Waals surface area contributed by atoms with Crippen LogP contribution in [0.5, 0.6) is 5.75 Å². The highest BCUT2D eigenvalue weighted by Gasteiger charge is 2.47. The van der Waals surface area contributed by atoms with E-state index < -0.39 is 46.2 Å². The molecule has 0 radical (unpaired) electrons. The molecule has 218 valence electrons. The fourth-order valence-electron chi connectivity index (χ4n) is 5.88. The van der Waals surface area contributed by atoms with Crippen LogP contribution in [0, 0.1) is 0 Å². The van der Waals surface area contributed by atoms with Gasteiger partial charge in [0, 0.05) is 69.4 Å².